The molecule has 1 aliphatic rings. The number of ether oxygens (including phenoxy) is 1. The minimum Gasteiger partial charge on any atom is -0.480 e. The monoisotopic (exact) mass is 452 g/mol. The average Bonchev–Trinajstić information content (AvgIpc) is 3.31. The number of nitrogens with one attached hydrogen (secondary N) is 1. The Morgan fingerprint density at radius 2 is 2.06 bits per heavy atom. The lowest BCUT2D eigenvalue weighted by molar-refractivity contribution is -0.138. The molecule has 0 unspecified atom stereocenters. The van der Waals surface area contributed by atoms with Gasteiger partial charge >= 0.3 is 5.97 Å². The summed E-state index contributed by atoms with van der Waals surface area (Å²) in [6.07, 6.45) is -0.00543. The Morgan fingerprint density at radius 3 is 2.78 bits per heavy atom. The van der Waals surface area contributed by atoms with Crippen LogP contribution in [0.15, 0.2) is 12.7 Å². The fourth-order valence-electron chi connectivity index (χ4n) is 3.70. The summed E-state index contributed by atoms with van der Waals surface area (Å²) in [6.45, 7) is 4.93. The third-order valence-electron chi connectivity index (χ3n) is 5.54. The van der Waals surface area contributed by atoms with Crippen LogP contribution in [0.3, 0.4) is 0 Å². The van der Waals surface area contributed by atoms with Gasteiger partial charge < -0.3 is 36.8 Å². The summed E-state index contributed by atoms with van der Waals surface area (Å²) < 4.78 is 7.53. The van der Waals surface area contributed by atoms with Gasteiger partial charge in [-0.3, -0.25) is 14.3 Å². The maximum atomic E-state index is 11.1. The van der Waals surface area contributed by atoms with E-state index in [1.54, 1.807) is 0 Å². The zero-order chi connectivity index (χ0) is 23.3. The summed E-state index contributed by atoms with van der Waals surface area (Å²) in [5, 5.41) is 33.7. The molecule has 0 bridgehead atoms. The number of carboxylic acid groups (broad SMARTS) is 1. The summed E-state index contributed by atoms with van der Waals surface area (Å²) >= 11 is 0. The number of aromatic nitrogens is 4. The van der Waals surface area contributed by atoms with Gasteiger partial charge in [-0.25, -0.2) is 15.0 Å². The molecule has 3 heterocycles. The molecule has 0 saturated carbocycles. The molecule has 0 amide bonds. The highest BCUT2D eigenvalue weighted by molar-refractivity contribution is 5.81. The molecule has 3 rings (SSSR count). The molecule has 0 radical (unpaired) electrons. The van der Waals surface area contributed by atoms with Crippen LogP contribution in [0.1, 0.15) is 26.0 Å². The predicted octanol–water partition coefficient (Wildman–Crippen LogP) is -1.87. The third-order valence-corrected chi connectivity index (χ3v) is 5.54. The Kier molecular flexibility index (Phi) is 8.28. The number of nitrogen functional groups attached to an aromatic ring is 1. The molecule has 13 nitrogen and oxygen atoms in total. The van der Waals surface area contributed by atoms with E-state index in [9.17, 15) is 15.0 Å². The van der Waals surface area contributed by atoms with E-state index < -0.39 is 36.6 Å². The Labute approximate surface area is 185 Å². The van der Waals surface area contributed by atoms with E-state index in [4.69, 9.17) is 21.3 Å². The smallest absolute Gasteiger partial charge is 0.320 e. The molecule has 13 heteroatoms. The summed E-state index contributed by atoms with van der Waals surface area (Å²) in [7, 11) is 0. The quantitative estimate of drug-likeness (QED) is 0.196. The summed E-state index contributed by atoms with van der Waals surface area (Å²) in [5.41, 5.74) is 12.3. The number of carboxylic acids is 1. The third kappa shape index (κ3) is 5.49. The molecule has 2 aromatic rings. The van der Waals surface area contributed by atoms with Crippen LogP contribution in [0, 0.1) is 0 Å². The van der Waals surface area contributed by atoms with Gasteiger partial charge in [0, 0.05) is 26.2 Å². The Bertz CT molecular complexity index is 896. The first-order valence-corrected chi connectivity index (χ1v) is 10.7. The van der Waals surface area contributed by atoms with Crippen molar-refractivity contribution in [1.29, 1.82) is 0 Å². The number of rotatable bonds is 12. The Morgan fingerprint density at radius 1 is 1.28 bits per heavy atom. The molecule has 1 saturated heterocycles. The lowest BCUT2D eigenvalue weighted by atomic mass is 10.1. The molecule has 0 spiro atoms. The van der Waals surface area contributed by atoms with E-state index in [1.165, 1.54) is 17.2 Å². The molecule has 8 N–H and O–H groups in total. The minimum absolute atomic E-state index is 0.207. The van der Waals surface area contributed by atoms with Crippen molar-refractivity contribution in [3.8, 4) is 0 Å². The molecule has 2 aromatic heterocycles. The maximum absolute atomic E-state index is 11.1. The number of carbonyl (C=O) groups is 1. The van der Waals surface area contributed by atoms with Crippen LogP contribution in [0.2, 0.25) is 0 Å². The average molecular weight is 453 g/mol. The number of imidazole rings is 1. The normalized spacial score (nSPS) is 24.4. The SMILES string of the molecule is CCCNCCN(CC[C@H](N)C(=O)O)C[C@H]1O[C@@H](n2cnc3c(N)ncnc32)[C@H](O)[C@@H]1O. The Hall–Kier alpha value is -2.42. The maximum Gasteiger partial charge on any atom is 0.320 e. The fourth-order valence-corrected chi connectivity index (χ4v) is 3.70. The van der Waals surface area contributed by atoms with Gasteiger partial charge in [0.2, 0.25) is 0 Å². The number of anilines is 1. The largest absolute Gasteiger partial charge is 0.480 e. The second kappa shape index (κ2) is 10.9. The number of aliphatic carboxylic acids is 1. The lowest BCUT2D eigenvalue weighted by Crippen LogP contribution is -2.44. The highest BCUT2D eigenvalue weighted by atomic mass is 16.6. The zero-order valence-corrected chi connectivity index (χ0v) is 18.0. The molecule has 32 heavy (non-hydrogen) atoms. The van der Waals surface area contributed by atoms with E-state index in [0.717, 1.165) is 13.0 Å². The van der Waals surface area contributed by atoms with Crippen molar-refractivity contribution >= 4 is 23.0 Å². The number of aliphatic hydroxyl groups is 2. The van der Waals surface area contributed by atoms with Crippen LogP contribution >= 0.6 is 0 Å². The van der Waals surface area contributed by atoms with Crippen molar-refractivity contribution < 1.29 is 24.9 Å². The minimum atomic E-state index is -1.21. The van der Waals surface area contributed by atoms with Crippen LogP contribution < -0.4 is 16.8 Å². The lowest BCUT2D eigenvalue weighted by Gasteiger charge is -2.27. The van der Waals surface area contributed by atoms with Gasteiger partial charge in [0.05, 0.1) is 6.33 Å². The first-order valence-electron chi connectivity index (χ1n) is 10.7. The van der Waals surface area contributed by atoms with Crippen molar-refractivity contribution in [1.82, 2.24) is 29.7 Å². The van der Waals surface area contributed by atoms with Crippen molar-refractivity contribution in [3.63, 3.8) is 0 Å². The predicted molar refractivity (Wildman–Crippen MR) is 115 cm³/mol. The Balaban J connectivity index is 1.69. The van der Waals surface area contributed by atoms with Gasteiger partial charge in [0.1, 0.15) is 36.2 Å². The molecule has 1 aliphatic heterocycles. The van der Waals surface area contributed by atoms with Crippen LogP contribution in [0.4, 0.5) is 5.82 Å². The molecule has 178 valence electrons. The first-order chi connectivity index (χ1) is 15.3. The van der Waals surface area contributed by atoms with E-state index in [-0.39, 0.29) is 12.2 Å². The molecule has 0 aromatic carbocycles. The first kappa shape index (κ1) is 24.2. The van der Waals surface area contributed by atoms with E-state index in [0.29, 0.717) is 37.3 Å². The standard InChI is InChI=1S/C19H32N8O5/c1-2-4-22-5-7-26(6-3-11(20)19(30)31)8-12-14(28)15(29)18(32-12)27-10-25-13-16(21)23-9-24-17(13)27/h9-12,14-15,18,22,28-29H,2-8,20H2,1H3,(H,30,31)(H2,21,23,24)/t11-,12+,14+,15+,18+/m0/s1. The van der Waals surface area contributed by atoms with Crippen LogP contribution in [-0.4, -0.2) is 103 Å². The van der Waals surface area contributed by atoms with Crippen LogP contribution in [-0.2, 0) is 9.53 Å². The molecule has 1 fully saturated rings. The van der Waals surface area contributed by atoms with Crippen LogP contribution in [0.5, 0.6) is 0 Å². The highest BCUT2D eigenvalue weighted by Crippen LogP contribution is 2.32. The zero-order valence-electron chi connectivity index (χ0n) is 18.0. The van der Waals surface area contributed by atoms with Gasteiger partial charge in [-0.2, -0.15) is 0 Å². The van der Waals surface area contributed by atoms with Crippen molar-refractivity contribution in [2.45, 2.75) is 50.3 Å². The molecular formula is C19H32N8O5. The fraction of sp³-hybridized carbons (Fsp3) is 0.684. The number of hydrogen-bond donors (Lipinski definition) is 6. The van der Waals surface area contributed by atoms with Crippen molar-refractivity contribution in [2.24, 2.45) is 5.73 Å². The van der Waals surface area contributed by atoms with E-state index in [2.05, 4.69) is 27.2 Å². The highest BCUT2D eigenvalue weighted by Gasteiger charge is 2.44. The summed E-state index contributed by atoms with van der Waals surface area (Å²) in [4.78, 5) is 25.3. The van der Waals surface area contributed by atoms with Gasteiger partial charge in [0.25, 0.3) is 0 Å². The number of aliphatic hydroxyl groups excluding tert-OH is 2. The van der Waals surface area contributed by atoms with E-state index in [1.807, 2.05) is 4.90 Å². The van der Waals surface area contributed by atoms with Gasteiger partial charge in [-0.15, -0.1) is 0 Å². The topological polar surface area (TPSA) is 198 Å². The number of hydrogen-bond acceptors (Lipinski definition) is 11. The van der Waals surface area contributed by atoms with Gasteiger partial charge in [-0.05, 0) is 19.4 Å². The molecule has 0 aliphatic carbocycles. The second-order valence-electron chi connectivity index (χ2n) is 7.91. The van der Waals surface area contributed by atoms with Gasteiger partial charge in [0.15, 0.2) is 17.7 Å². The number of nitrogens with zero attached hydrogens (tertiary/aromatic N) is 5. The second-order valence-corrected chi connectivity index (χ2v) is 7.91. The summed E-state index contributed by atoms with van der Waals surface area (Å²) in [5.74, 6) is -0.853. The van der Waals surface area contributed by atoms with Crippen LogP contribution in [0.25, 0.3) is 11.2 Å². The van der Waals surface area contributed by atoms with Crippen molar-refractivity contribution in [3.05, 3.63) is 12.7 Å². The summed E-state index contributed by atoms with van der Waals surface area (Å²) in [6, 6.07) is -0.976. The van der Waals surface area contributed by atoms with E-state index >= 15 is 0 Å². The number of fused-ring (bicyclic) bond motifs is 1. The molecule has 5 atom stereocenters. The molecular weight excluding hydrogens is 420 g/mol. The van der Waals surface area contributed by atoms with Gasteiger partial charge in [-0.1, -0.05) is 6.92 Å². The number of nitrogens with two attached hydrogens (primary N) is 2. The van der Waals surface area contributed by atoms with Crippen molar-refractivity contribution in [2.75, 3.05) is 38.5 Å².